The molecule has 21 heavy (non-hydrogen) atoms. The molecule has 0 spiro atoms. The fourth-order valence-electron chi connectivity index (χ4n) is 2.83. The molecular weight excluding hydrogens is 282 g/mol. The minimum absolute atomic E-state index is 0.0414. The lowest BCUT2D eigenvalue weighted by Crippen LogP contribution is -2.19. The minimum Gasteiger partial charge on any atom is -0.384 e. The van der Waals surface area contributed by atoms with Gasteiger partial charge in [0, 0.05) is 17.8 Å². The Labute approximate surface area is 129 Å². The van der Waals surface area contributed by atoms with E-state index in [2.05, 4.69) is 29.2 Å². The zero-order valence-electron chi connectivity index (χ0n) is 11.8. The van der Waals surface area contributed by atoms with Gasteiger partial charge in [-0.25, -0.2) is 0 Å². The number of rotatable bonds is 2. The van der Waals surface area contributed by atoms with E-state index in [1.807, 2.05) is 12.1 Å². The van der Waals surface area contributed by atoms with Gasteiger partial charge in [0.05, 0.1) is 10.7 Å². The Morgan fingerprint density at radius 3 is 2.67 bits per heavy atom. The van der Waals surface area contributed by atoms with Crippen molar-refractivity contribution in [2.45, 2.75) is 19.3 Å². The fraction of sp³-hybridized carbons (Fsp3) is 0.235. The standard InChI is InChI=1S/C17H18ClN3/c18-14-11-13(17(19)20)8-9-16(14)21-10-4-3-6-12-5-1-2-7-15(12)21/h1-2,5,7-9,11H,3-4,6,10H2,(H3,19,20). The Hall–Kier alpha value is -2.00. The monoisotopic (exact) mass is 299 g/mol. The normalized spacial score (nSPS) is 14.4. The molecule has 0 saturated carbocycles. The third-order valence-corrected chi connectivity index (χ3v) is 4.21. The van der Waals surface area contributed by atoms with E-state index in [0.717, 1.165) is 25.1 Å². The van der Waals surface area contributed by atoms with Crippen molar-refractivity contribution in [1.29, 1.82) is 5.41 Å². The van der Waals surface area contributed by atoms with Gasteiger partial charge in [0.1, 0.15) is 5.84 Å². The average molecular weight is 300 g/mol. The van der Waals surface area contributed by atoms with Crippen LogP contribution in [-0.2, 0) is 6.42 Å². The molecule has 108 valence electrons. The summed E-state index contributed by atoms with van der Waals surface area (Å²) in [5.74, 6) is 0.0414. The van der Waals surface area contributed by atoms with Crippen molar-refractivity contribution >= 4 is 28.8 Å². The van der Waals surface area contributed by atoms with Crippen LogP contribution in [0.2, 0.25) is 5.02 Å². The van der Waals surface area contributed by atoms with Crippen LogP contribution in [-0.4, -0.2) is 12.4 Å². The first-order valence-corrected chi connectivity index (χ1v) is 7.54. The molecule has 0 aromatic heterocycles. The fourth-order valence-corrected chi connectivity index (χ4v) is 3.12. The van der Waals surface area contributed by atoms with Crippen LogP contribution in [0.4, 0.5) is 11.4 Å². The van der Waals surface area contributed by atoms with E-state index in [9.17, 15) is 0 Å². The summed E-state index contributed by atoms with van der Waals surface area (Å²) in [5, 5.41) is 8.14. The van der Waals surface area contributed by atoms with E-state index in [1.54, 1.807) is 6.07 Å². The van der Waals surface area contributed by atoms with Crippen LogP contribution in [0.1, 0.15) is 24.0 Å². The summed E-state index contributed by atoms with van der Waals surface area (Å²) >= 11 is 6.43. The van der Waals surface area contributed by atoms with E-state index in [-0.39, 0.29) is 5.84 Å². The molecule has 3 nitrogen and oxygen atoms in total. The molecular formula is C17H18ClN3. The Bertz CT molecular complexity index is 681. The number of hydrogen-bond donors (Lipinski definition) is 2. The van der Waals surface area contributed by atoms with Gasteiger partial charge >= 0.3 is 0 Å². The number of aryl methyl sites for hydroxylation is 1. The summed E-state index contributed by atoms with van der Waals surface area (Å²) in [5.41, 5.74) is 9.76. The highest BCUT2D eigenvalue weighted by Gasteiger charge is 2.18. The van der Waals surface area contributed by atoms with Gasteiger partial charge in [-0.3, -0.25) is 5.41 Å². The summed E-state index contributed by atoms with van der Waals surface area (Å²) in [6.07, 6.45) is 3.44. The summed E-state index contributed by atoms with van der Waals surface area (Å²) in [7, 11) is 0. The van der Waals surface area contributed by atoms with E-state index < -0.39 is 0 Å². The zero-order valence-corrected chi connectivity index (χ0v) is 12.5. The molecule has 0 radical (unpaired) electrons. The molecule has 2 aromatic carbocycles. The molecule has 2 aromatic rings. The molecule has 1 aliphatic rings. The van der Waals surface area contributed by atoms with Crippen LogP contribution in [0.5, 0.6) is 0 Å². The number of anilines is 2. The van der Waals surface area contributed by atoms with Crippen LogP contribution in [0.15, 0.2) is 42.5 Å². The predicted molar refractivity (Wildman–Crippen MR) is 88.9 cm³/mol. The van der Waals surface area contributed by atoms with E-state index in [4.69, 9.17) is 22.7 Å². The molecule has 1 heterocycles. The van der Waals surface area contributed by atoms with Crippen molar-refractivity contribution in [2.24, 2.45) is 5.73 Å². The highest BCUT2D eigenvalue weighted by Crippen LogP contribution is 2.36. The van der Waals surface area contributed by atoms with E-state index >= 15 is 0 Å². The molecule has 3 N–H and O–H groups in total. The highest BCUT2D eigenvalue weighted by atomic mass is 35.5. The largest absolute Gasteiger partial charge is 0.384 e. The van der Waals surface area contributed by atoms with Crippen molar-refractivity contribution < 1.29 is 0 Å². The second kappa shape index (κ2) is 5.78. The van der Waals surface area contributed by atoms with Crippen LogP contribution < -0.4 is 10.6 Å². The Balaban J connectivity index is 2.06. The van der Waals surface area contributed by atoms with Gasteiger partial charge in [-0.15, -0.1) is 0 Å². The molecule has 0 fully saturated rings. The summed E-state index contributed by atoms with van der Waals surface area (Å²) in [6, 6.07) is 14.1. The number of nitrogens with two attached hydrogens (primary N) is 1. The molecule has 0 saturated heterocycles. The Morgan fingerprint density at radius 1 is 1.10 bits per heavy atom. The highest BCUT2D eigenvalue weighted by molar-refractivity contribution is 6.33. The zero-order chi connectivity index (χ0) is 14.8. The van der Waals surface area contributed by atoms with Gasteiger partial charge in [-0.05, 0) is 49.1 Å². The molecule has 0 bridgehead atoms. The van der Waals surface area contributed by atoms with Crippen molar-refractivity contribution in [1.82, 2.24) is 0 Å². The number of nitrogens with one attached hydrogen (secondary N) is 1. The van der Waals surface area contributed by atoms with Crippen molar-refractivity contribution in [3.8, 4) is 0 Å². The second-order valence-electron chi connectivity index (χ2n) is 5.32. The van der Waals surface area contributed by atoms with E-state index in [0.29, 0.717) is 10.6 Å². The average Bonchev–Trinajstić information content (AvgIpc) is 2.69. The lowest BCUT2D eigenvalue weighted by molar-refractivity contribution is 0.761. The number of halogens is 1. The van der Waals surface area contributed by atoms with Crippen molar-refractivity contribution in [2.75, 3.05) is 11.4 Å². The molecule has 3 rings (SSSR count). The lowest BCUT2D eigenvalue weighted by atomic mass is 10.1. The molecule has 4 heteroatoms. The van der Waals surface area contributed by atoms with Crippen molar-refractivity contribution in [3.63, 3.8) is 0 Å². The number of amidine groups is 1. The number of nitrogen functional groups attached to an aromatic ring is 1. The molecule has 0 unspecified atom stereocenters. The molecule has 1 aliphatic heterocycles. The van der Waals surface area contributed by atoms with Gasteiger partial charge in [0.25, 0.3) is 0 Å². The van der Waals surface area contributed by atoms with Crippen LogP contribution in [0.3, 0.4) is 0 Å². The summed E-state index contributed by atoms with van der Waals surface area (Å²) in [6.45, 7) is 0.955. The summed E-state index contributed by atoms with van der Waals surface area (Å²) < 4.78 is 0. The van der Waals surface area contributed by atoms with Crippen molar-refractivity contribution in [3.05, 3.63) is 58.6 Å². The topological polar surface area (TPSA) is 53.1 Å². The predicted octanol–water partition coefficient (Wildman–Crippen LogP) is 4.10. The minimum atomic E-state index is 0.0414. The van der Waals surface area contributed by atoms with Gasteiger partial charge in [-0.2, -0.15) is 0 Å². The Kier molecular flexibility index (Phi) is 3.84. The summed E-state index contributed by atoms with van der Waals surface area (Å²) in [4.78, 5) is 2.27. The van der Waals surface area contributed by atoms with Gasteiger partial charge in [0.2, 0.25) is 0 Å². The second-order valence-corrected chi connectivity index (χ2v) is 5.72. The first kappa shape index (κ1) is 14.0. The number of para-hydroxylation sites is 1. The maximum absolute atomic E-state index is 7.50. The van der Waals surface area contributed by atoms with Crippen LogP contribution >= 0.6 is 11.6 Å². The Morgan fingerprint density at radius 2 is 1.90 bits per heavy atom. The molecule has 0 amide bonds. The van der Waals surface area contributed by atoms with E-state index in [1.165, 1.54) is 17.7 Å². The molecule has 0 atom stereocenters. The lowest BCUT2D eigenvalue weighted by Gasteiger charge is -2.26. The first-order chi connectivity index (χ1) is 10.2. The maximum Gasteiger partial charge on any atom is 0.122 e. The third-order valence-electron chi connectivity index (χ3n) is 3.91. The number of hydrogen-bond acceptors (Lipinski definition) is 2. The van der Waals surface area contributed by atoms with Crippen LogP contribution in [0, 0.1) is 5.41 Å². The number of fused-ring (bicyclic) bond motifs is 1. The smallest absolute Gasteiger partial charge is 0.122 e. The number of benzene rings is 2. The van der Waals surface area contributed by atoms with Gasteiger partial charge in [-0.1, -0.05) is 29.8 Å². The maximum atomic E-state index is 7.50. The van der Waals surface area contributed by atoms with Crippen LogP contribution in [0.25, 0.3) is 0 Å². The SMILES string of the molecule is N=C(N)c1ccc(N2CCCCc3ccccc32)c(Cl)c1. The van der Waals surface area contributed by atoms with Gasteiger partial charge < -0.3 is 10.6 Å². The third kappa shape index (κ3) is 2.74. The van der Waals surface area contributed by atoms with Gasteiger partial charge in [0.15, 0.2) is 0 Å². The number of nitrogens with zero attached hydrogens (tertiary/aromatic N) is 1. The molecule has 0 aliphatic carbocycles. The first-order valence-electron chi connectivity index (χ1n) is 7.16. The quantitative estimate of drug-likeness (QED) is 0.648.